The van der Waals surface area contributed by atoms with Crippen molar-refractivity contribution in [3.63, 3.8) is 0 Å². The standard InChI is InChI=1S/C68H39N2O3P/c1-5-18-40(19-6-1)67(41-20-7-2-8-21-41)48-28-15-13-26-44(48)46-36-60-54(38-50(46)67)69-52-30-17-31-53-64(52)74-65-58(34-32-56(71-60)62(65)69)73-59-35-33-57-63(66(59)74)70(53)55-39-51-47(37-61(55)72-57)45-27-14-16-29-49(45)68(51,42-22-9-3-10-23-42)43-24-11-4-12-25-43/h1-39H. The SMILES string of the molecule is c1ccc(C2(c3ccccc3)c3ccccc3-c3cc4oc5ccc6oc7ccc8oc9cc%10c(cc9n9c%11cccc%12c%11p(c6c5n%12c4cc32)c7c89)C(c2ccccc2)(c2ccccc2)c2ccccc2-%10)cc1. The van der Waals surface area contributed by atoms with Gasteiger partial charge in [0.15, 0.2) is 22.3 Å². The van der Waals surface area contributed by atoms with E-state index < -0.39 is 18.2 Å². The Morgan fingerprint density at radius 1 is 0.270 bits per heavy atom. The highest BCUT2D eigenvalue weighted by Crippen LogP contribution is 2.61. The van der Waals surface area contributed by atoms with Crippen LogP contribution in [-0.4, -0.2) is 8.80 Å². The lowest BCUT2D eigenvalue weighted by Crippen LogP contribution is -2.28. The largest absolute Gasteiger partial charge is 0.455 e. The minimum Gasteiger partial charge on any atom is -0.455 e. The van der Waals surface area contributed by atoms with E-state index in [-0.39, 0.29) is 0 Å². The van der Waals surface area contributed by atoms with Crippen LogP contribution >= 0.6 is 7.34 Å². The van der Waals surface area contributed by atoms with E-state index >= 15 is 0 Å². The summed E-state index contributed by atoms with van der Waals surface area (Å²) in [6, 6.07) is 87.0. The van der Waals surface area contributed by atoms with Gasteiger partial charge in [-0.1, -0.05) is 183 Å². The summed E-state index contributed by atoms with van der Waals surface area (Å²) in [5.41, 5.74) is 25.0. The van der Waals surface area contributed by atoms with Crippen LogP contribution in [-0.2, 0) is 10.8 Å². The lowest BCUT2D eigenvalue weighted by Gasteiger charge is -2.34. The van der Waals surface area contributed by atoms with Gasteiger partial charge in [-0.05, 0) is 127 Å². The number of hydrogen-bond acceptors (Lipinski definition) is 3. The summed E-state index contributed by atoms with van der Waals surface area (Å²) in [6.07, 6.45) is 0. The van der Waals surface area contributed by atoms with Crippen LogP contribution in [0.15, 0.2) is 250 Å². The molecular weight excluding hydrogens is 924 g/mol. The van der Waals surface area contributed by atoms with Gasteiger partial charge in [-0.3, -0.25) is 0 Å². The predicted octanol–water partition coefficient (Wildman–Crippen LogP) is 18.1. The maximum atomic E-state index is 7.23. The number of fused-ring (bicyclic) bond motifs is 12. The van der Waals surface area contributed by atoms with Gasteiger partial charge in [0.2, 0.25) is 0 Å². The topological polar surface area (TPSA) is 48.2 Å². The minimum absolute atomic E-state index is 0.585. The number of nitrogens with zero attached hydrogens (tertiary/aromatic N) is 2. The first-order valence-corrected chi connectivity index (χ1v) is 26.8. The Morgan fingerprint density at radius 2 is 0.635 bits per heavy atom. The van der Waals surface area contributed by atoms with Crippen LogP contribution in [0.4, 0.5) is 0 Å². The highest BCUT2D eigenvalue weighted by Gasteiger charge is 2.48. The molecule has 0 amide bonds. The molecule has 11 aromatic carbocycles. The monoisotopic (exact) mass is 962 g/mol. The van der Waals surface area contributed by atoms with E-state index in [1.54, 1.807) is 0 Å². The number of aromatic nitrogens is 2. The highest BCUT2D eigenvalue weighted by molar-refractivity contribution is 7.63. The molecular formula is C68H39N2O3P. The van der Waals surface area contributed by atoms with Crippen molar-refractivity contribution >= 4 is 89.3 Å². The molecule has 18 rings (SSSR count). The smallest absolute Gasteiger partial charge is 0.152 e. The maximum Gasteiger partial charge on any atom is 0.152 e. The van der Waals surface area contributed by atoms with Crippen LogP contribution in [0.25, 0.3) is 104 Å². The molecule has 0 spiro atoms. The third-order valence-electron chi connectivity index (χ3n) is 17.0. The van der Waals surface area contributed by atoms with Crippen LogP contribution in [0.1, 0.15) is 44.5 Å². The Bertz CT molecular complexity index is 4680. The summed E-state index contributed by atoms with van der Waals surface area (Å²) in [7, 11) is -1.15. The van der Waals surface area contributed by atoms with Gasteiger partial charge in [0.05, 0.1) is 43.1 Å². The van der Waals surface area contributed by atoms with Gasteiger partial charge in [0.25, 0.3) is 0 Å². The zero-order valence-electron chi connectivity index (χ0n) is 39.6. The van der Waals surface area contributed by atoms with Crippen LogP contribution in [0, 0.1) is 0 Å². The molecule has 0 saturated carbocycles. The molecule has 344 valence electrons. The second-order valence-electron chi connectivity index (χ2n) is 20.3. The highest BCUT2D eigenvalue weighted by atomic mass is 31.1. The van der Waals surface area contributed by atoms with E-state index in [4.69, 9.17) is 13.3 Å². The third kappa shape index (κ3) is 4.57. The van der Waals surface area contributed by atoms with Crippen LogP contribution < -0.4 is 0 Å². The molecule has 0 N–H and O–H groups in total. The molecule has 0 atom stereocenters. The minimum atomic E-state index is -1.15. The molecule has 0 radical (unpaired) electrons. The molecule has 16 aromatic rings. The van der Waals surface area contributed by atoms with Crippen molar-refractivity contribution in [1.29, 1.82) is 0 Å². The van der Waals surface area contributed by atoms with Crippen molar-refractivity contribution in [2.24, 2.45) is 0 Å². The van der Waals surface area contributed by atoms with E-state index in [2.05, 4.69) is 245 Å². The lowest BCUT2D eigenvalue weighted by molar-refractivity contribution is 0.647. The molecule has 5 aromatic heterocycles. The maximum absolute atomic E-state index is 7.23. The molecule has 0 aliphatic heterocycles. The summed E-state index contributed by atoms with van der Waals surface area (Å²) >= 11 is 0. The average Bonchev–Trinajstić information content (AvgIpc) is 4.06. The first-order valence-electron chi connectivity index (χ1n) is 25.4. The van der Waals surface area contributed by atoms with E-state index in [1.165, 1.54) is 82.1 Å². The second kappa shape index (κ2) is 13.8. The Hall–Kier alpha value is -9.28. The fourth-order valence-corrected chi connectivity index (χ4v) is 17.2. The van der Waals surface area contributed by atoms with E-state index in [0.717, 1.165) is 66.6 Å². The summed E-state index contributed by atoms with van der Waals surface area (Å²) in [5.74, 6) is 0. The molecule has 5 nitrogen and oxygen atoms in total. The Kier molecular flexibility index (Phi) is 7.34. The Labute approximate surface area is 423 Å². The first kappa shape index (κ1) is 39.3. The van der Waals surface area contributed by atoms with Gasteiger partial charge in [-0.15, -0.1) is 0 Å². The van der Waals surface area contributed by atoms with Crippen molar-refractivity contribution in [3.05, 3.63) is 281 Å². The van der Waals surface area contributed by atoms with E-state index in [9.17, 15) is 0 Å². The lowest BCUT2D eigenvalue weighted by atomic mass is 9.67. The molecule has 74 heavy (non-hydrogen) atoms. The summed E-state index contributed by atoms with van der Waals surface area (Å²) in [6.45, 7) is 0. The van der Waals surface area contributed by atoms with Crippen molar-refractivity contribution in [2.75, 3.05) is 0 Å². The van der Waals surface area contributed by atoms with Crippen molar-refractivity contribution in [2.45, 2.75) is 10.8 Å². The molecule has 0 bridgehead atoms. The normalized spacial score (nSPS) is 14.4. The average molecular weight is 963 g/mol. The van der Waals surface area contributed by atoms with Crippen molar-refractivity contribution in [1.82, 2.24) is 8.80 Å². The van der Waals surface area contributed by atoms with Gasteiger partial charge in [-0.2, -0.15) is 0 Å². The van der Waals surface area contributed by atoms with Crippen molar-refractivity contribution < 1.29 is 13.3 Å². The van der Waals surface area contributed by atoms with Gasteiger partial charge in [0, 0.05) is 5.12 Å². The summed E-state index contributed by atoms with van der Waals surface area (Å²) in [5, 5.41) is 3.64. The zero-order chi connectivity index (χ0) is 48.0. The van der Waals surface area contributed by atoms with Crippen LogP contribution in [0.3, 0.4) is 0 Å². The predicted molar refractivity (Wildman–Crippen MR) is 300 cm³/mol. The molecule has 2 aliphatic carbocycles. The molecule has 0 unspecified atom stereocenters. The Morgan fingerprint density at radius 3 is 1.05 bits per heavy atom. The van der Waals surface area contributed by atoms with E-state index in [0.29, 0.717) is 0 Å². The van der Waals surface area contributed by atoms with Gasteiger partial charge >= 0.3 is 0 Å². The number of hydrogen-bond donors (Lipinski definition) is 0. The first-order chi connectivity index (χ1) is 36.7. The van der Waals surface area contributed by atoms with Gasteiger partial charge < -0.3 is 22.1 Å². The molecule has 5 heterocycles. The van der Waals surface area contributed by atoms with E-state index in [1.807, 2.05) is 0 Å². The van der Waals surface area contributed by atoms with Gasteiger partial charge in [0.1, 0.15) is 22.2 Å². The van der Waals surface area contributed by atoms with Crippen LogP contribution in [0.5, 0.6) is 0 Å². The van der Waals surface area contributed by atoms with Gasteiger partial charge in [-0.25, -0.2) is 0 Å². The summed E-state index contributed by atoms with van der Waals surface area (Å²) < 4.78 is 26.6. The fourth-order valence-electron chi connectivity index (χ4n) is 14.2. The third-order valence-corrected chi connectivity index (χ3v) is 19.6. The zero-order valence-corrected chi connectivity index (χ0v) is 40.5. The molecule has 6 heteroatoms. The molecule has 0 saturated heterocycles. The molecule has 0 fully saturated rings. The molecule has 2 aliphatic rings. The summed E-state index contributed by atoms with van der Waals surface area (Å²) in [4.78, 5) is 0. The Balaban J connectivity index is 1.03. The number of benzene rings is 11. The van der Waals surface area contributed by atoms with Crippen LogP contribution in [0.2, 0.25) is 0 Å². The second-order valence-corrected chi connectivity index (χ2v) is 22.3. The number of rotatable bonds is 4. The fraction of sp³-hybridized carbons (Fsp3) is 0.0294. The van der Waals surface area contributed by atoms with Crippen molar-refractivity contribution in [3.8, 4) is 22.3 Å². The quantitative estimate of drug-likeness (QED) is 0.130.